The van der Waals surface area contributed by atoms with Crippen LogP contribution in [0.2, 0.25) is 1.41 Å². The van der Waals surface area contributed by atoms with E-state index in [4.69, 9.17) is 10.9 Å². The Bertz CT molecular complexity index is 1880. The highest BCUT2D eigenvalue weighted by Gasteiger charge is 2.38. The standard InChI is InChI=1S/C36H44N4O7S/c1-21-22(2)32(23(3)28-19-36(4,5)47-31(21)28)48(44,45)40(7)34(37)38-18-12-17-30(33(41)42)39(6)35(43)46-20-29-26-15-10-8-13-24(26)25-14-9-11-16-27(25)29/h8-11,13-16,29-30H,12,17-20H2,1-7H3,(H2,37,38)(H,41,42)/t30-/m0/s1. The molecule has 0 bridgehead atoms. The maximum absolute atomic E-state index is 13.9. The summed E-state index contributed by atoms with van der Waals surface area (Å²) in [6.07, 6.45) is 0.0791. The summed E-state index contributed by atoms with van der Waals surface area (Å²) in [4.78, 5) is 26.5. The Labute approximate surface area is 283 Å². The Morgan fingerprint density at radius 3 is 2.25 bits per heavy atom. The number of carbonyl (C=O) groups excluding carboxylic acids is 1. The monoisotopic (exact) mass is 676 g/mol. The van der Waals surface area contributed by atoms with Gasteiger partial charge in [0.05, 0.1) is 4.90 Å². The molecule has 3 N–H and O–H groups in total. The molecule has 5 rings (SSSR count). The maximum Gasteiger partial charge on any atom is 0.410 e. The molecule has 0 saturated heterocycles. The highest BCUT2D eigenvalue weighted by Crippen LogP contribution is 2.45. The summed E-state index contributed by atoms with van der Waals surface area (Å²) in [6, 6.07) is 14.7. The lowest BCUT2D eigenvalue weighted by atomic mass is 9.94. The van der Waals surface area contributed by atoms with Crippen LogP contribution in [0, 0.1) is 26.2 Å². The Balaban J connectivity index is 1.20. The summed E-state index contributed by atoms with van der Waals surface area (Å²) in [6.45, 7) is 9.42. The van der Waals surface area contributed by atoms with Crippen LogP contribution in [0.15, 0.2) is 53.4 Å². The number of carboxylic acids is 1. The Morgan fingerprint density at radius 2 is 1.67 bits per heavy atom. The van der Waals surface area contributed by atoms with E-state index in [1.807, 2.05) is 69.3 Å². The molecule has 0 unspecified atom stereocenters. The number of amides is 1. The first-order chi connectivity index (χ1) is 23.1. The van der Waals surface area contributed by atoms with Crippen molar-refractivity contribution in [2.24, 2.45) is 0 Å². The lowest BCUT2D eigenvalue weighted by Gasteiger charge is -2.26. The first-order valence-electron chi connectivity index (χ1n) is 16.4. The summed E-state index contributed by atoms with van der Waals surface area (Å²) >= 11 is 0. The second-order valence-electron chi connectivity index (χ2n) is 13.2. The van der Waals surface area contributed by atoms with Crippen molar-refractivity contribution in [3.63, 3.8) is 0 Å². The molecule has 0 radical (unpaired) electrons. The van der Waals surface area contributed by atoms with E-state index in [2.05, 4.69) is 10.7 Å². The molecule has 11 nitrogen and oxygen atoms in total. The van der Waals surface area contributed by atoms with Crippen LogP contribution in [0.4, 0.5) is 4.79 Å². The number of carboxylic acid groups (broad SMARTS) is 1. The van der Waals surface area contributed by atoms with Crippen molar-refractivity contribution in [3.05, 3.63) is 81.9 Å². The molecular formula is C36H44N4O7S. The van der Waals surface area contributed by atoms with E-state index in [9.17, 15) is 23.1 Å². The zero-order valence-electron chi connectivity index (χ0n) is 29.5. The van der Waals surface area contributed by atoms with Crippen LogP contribution >= 0.6 is 0 Å². The second-order valence-corrected chi connectivity index (χ2v) is 15.1. The lowest BCUT2D eigenvalue weighted by molar-refractivity contribution is -0.142. The number of hydrogen-bond acceptors (Lipinski definition) is 7. The summed E-state index contributed by atoms with van der Waals surface area (Å²) < 4.78 is 48.3. The number of nitrogens with zero attached hydrogens (tertiary/aromatic N) is 2. The number of nitrogens with one attached hydrogen (secondary N) is 2. The first-order valence-corrected chi connectivity index (χ1v) is 17.4. The van der Waals surface area contributed by atoms with Crippen LogP contribution < -0.4 is 10.1 Å². The normalized spacial score (nSPS) is 15.8. The number of rotatable bonds is 10. The van der Waals surface area contributed by atoms with Gasteiger partial charge in [-0.1, -0.05) is 48.5 Å². The number of fused-ring (bicyclic) bond motifs is 4. The van der Waals surface area contributed by atoms with E-state index in [-0.39, 0.29) is 42.8 Å². The van der Waals surface area contributed by atoms with Crippen LogP contribution in [0.5, 0.6) is 5.75 Å². The third-order valence-electron chi connectivity index (χ3n) is 9.52. The number of carbonyl (C=O) groups is 2. The summed E-state index contributed by atoms with van der Waals surface area (Å²) in [7, 11) is -1.43. The minimum Gasteiger partial charge on any atom is -0.487 e. The number of sulfonamides is 1. The Morgan fingerprint density at radius 1 is 1.06 bits per heavy atom. The van der Waals surface area contributed by atoms with Gasteiger partial charge in [0.15, 0.2) is 1.41 Å². The largest absolute Gasteiger partial charge is 0.487 e. The van der Waals surface area contributed by atoms with Crippen molar-refractivity contribution in [3.8, 4) is 16.9 Å². The van der Waals surface area contributed by atoms with Gasteiger partial charge in [0, 0.05) is 38.5 Å². The molecular weight excluding hydrogens is 632 g/mol. The van der Waals surface area contributed by atoms with Crippen LogP contribution in [-0.2, 0) is 26.0 Å². The van der Waals surface area contributed by atoms with Gasteiger partial charge in [0.2, 0.25) is 5.96 Å². The van der Waals surface area contributed by atoms with Gasteiger partial charge in [-0.25, -0.2) is 22.3 Å². The van der Waals surface area contributed by atoms with Crippen molar-refractivity contribution < 1.29 is 34.0 Å². The molecule has 0 fully saturated rings. The van der Waals surface area contributed by atoms with Crippen LogP contribution in [0.25, 0.3) is 11.1 Å². The molecule has 1 amide bonds. The SMILES string of the molecule is [H]/N=C(\NCCC[C@@H](C(=O)O)N(C)C(=O)OCC1c2ccccc2-c2ccccc21)N(C)S(=O)(=O)c1c(C)c(C)c2c(c1C)CC(C)(C)O2. The van der Waals surface area contributed by atoms with E-state index in [0.29, 0.717) is 23.3 Å². The minimum absolute atomic E-state index is 0.0444. The molecule has 48 heavy (non-hydrogen) atoms. The quantitative estimate of drug-likeness (QED) is 0.143. The topological polar surface area (TPSA) is 149 Å². The molecule has 3 aromatic rings. The highest BCUT2D eigenvalue weighted by molar-refractivity contribution is 7.89. The molecule has 3 aromatic carbocycles. The zero-order valence-corrected chi connectivity index (χ0v) is 29.3. The number of hydrogen-bond donors (Lipinski definition) is 3. The highest BCUT2D eigenvalue weighted by atomic mass is 32.2. The van der Waals surface area contributed by atoms with E-state index < -0.39 is 33.7 Å². The van der Waals surface area contributed by atoms with Crippen molar-refractivity contribution in [2.75, 3.05) is 27.2 Å². The average molecular weight is 677 g/mol. The average Bonchev–Trinajstić information content (AvgIpc) is 3.57. The van der Waals surface area contributed by atoms with Gasteiger partial charge >= 0.3 is 12.1 Å². The fourth-order valence-corrected chi connectivity index (χ4v) is 8.41. The van der Waals surface area contributed by atoms with Gasteiger partial charge < -0.3 is 19.9 Å². The molecule has 12 heteroatoms. The molecule has 1 aliphatic carbocycles. The van der Waals surface area contributed by atoms with Crippen molar-refractivity contribution in [2.45, 2.75) is 76.3 Å². The number of benzene rings is 3. The smallest absolute Gasteiger partial charge is 0.410 e. The number of ether oxygens (including phenoxy) is 2. The Kier molecular flexibility index (Phi) is 9.12. The van der Waals surface area contributed by atoms with Crippen LogP contribution in [0.3, 0.4) is 0 Å². The number of aliphatic carboxylic acids is 1. The predicted molar refractivity (Wildman–Crippen MR) is 183 cm³/mol. The van der Waals surface area contributed by atoms with E-state index in [1.54, 1.807) is 13.8 Å². The van der Waals surface area contributed by atoms with Gasteiger partial charge in [0.25, 0.3) is 10.0 Å². The van der Waals surface area contributed by atoms with E-state index >= 15 is 0 Å². The molecule has 256 valence electrons. The lowest BCUT2D eigenvalue weighted by Crippen LogP contribution is -2.44. The number of guanidine groups is 1. The fourth-order valence-electron chi connectivity index (χ4n) is 6.80. The van der Waals surface area contributed by atoms with Gasteiger partial charge in [-0.15, -0.1) is 0 Å². The summed E-state index contributed by atoms with van der Waals surface area (Å²) in [5.74, 6) is -0.868. The number of likely N-dealkylation sites (N-methyl/N-ethyl adjacent to an activating group) is 1. The Hall–Kier alpha value is -4.58. The molecule has 1 atom stereocenters. The van der Waals surface area contributed by atoms with Crippen molar-refractivity contribution in [1.29, 1.82) is 5.40 Å². The molecule has 0 saturated carbocycles. The van der Waals surface area contributed by atoms with Gasteiger partial charge in [-0.2, -0.15) is 0 Å². The third-order valence-corrected chi connectivity index (χ3v) is 11.5. The molecule has 1 aliphatic heterocycles. The first kappa shape index (κ1) is 33.3. The fraction of sp³-hybridized carbons (Fsp3) is 0.417. The minimum atomic E-state index is -4.13. The maximum atomic E-state index is 13.9. The van der Waals surface area contributed by atoms with Gasteiger partial charge in [-0.05, 0) is 86.4 Å². The van der Waals surface area contributed by atoms with Crippen molar-refractivity contribution >= 4 is 28.0 Å². The second kappa shape index (κ2) is 13.1. The van der Waals surface area contributed by atoms with Crippen molar-refractivity contribution in [1.82, 2.24) is 14.5 Å². The predicted octanol–water partition coefficient (Wildman–Crippen LogP) is 5.58. The van der Waals surface area contributed by atoms with Gasteiger partial charge in [0.1, 0.15) is 24.0 Å². The van der Waals surface area contributed by atoms with Crippen LogP contribution in [-0.4, -0.2) is 79.6 Å². The van der Waals surface area contributed by atoms with Gasteiger partial charge in [-0.3, -0.25) is 10.3 Å². The summed E-state index contributed by atoms with van der Waals surface area (Å²) in [5.41, 5.74) is 6.56. The van der Waals surface area contributed by atoms with Crippen LogP contribution in [0.1, 0.15) is 66.0 Å². The molecule has 0 aromatic heterocycles. The summed E-state index contributed by atoms with van der Waals surface area (Å²) in [5, 5.41) is 16.3. The van der Waals surface area contributed by atoms with E-state index in [0.717, 1.165) is 42.6 Å². The molecule has 0 spiro atoms. The molecule has 2 aliphatic rings. The third kappa shape index (κ3) is 6.33. The molecule has 1 heterocycles. The zero-order chi connectivity index (χ0) is 35.8. The van der Waals surface area contributed by atoms with E-state index in [1.165, 1.54) is 14.1 Å².